The van der Waals surface area contributed by atoms with E-state index in [9.17, 15) is 18.8 Å². The first-order chi connectivity index (χ1) is 13.1. The maximum absolute atomic E-state index is 14.0. The van der Waals surface area contributed by atoms with Crippen LogP contribution in [0, 0.1) is 23.0 Å². The Hall–Kier alpha value is -2.82. The van der Waals surface area contributed by atoms with Gasteiger partial charge in [0.05, 0.1) is 11.8 Å². The summed E-state index contributed by atoms with van der Waals surface area (Å²) in [6.45, 7) is 5.81. The van der Waals surface area contributed by atoms with Gasteiger partial charge in [-0.25, -0.2) is 8.78 Å². The molecule has 0 aliphatic carbocycles. The second kappa shape index (κ2) is 7.30. The first-order valence-corrected chi connectivity index (χ1v) is 12.2. The van der Waals surface area contributed by atoms with Gasteiger partial charge in [0.25, 0.3) is 5.56 Å². The van der Waals surface area contributed by atoms with Crippen LogP contribution in [0.1, 0.15) is 11.8 Å². The molecule has 4 nitrogen and oxygen atoms in total. The maximum atomic E-state index is 14.0. The van der Waals surface area contributed by atoms with E-state index in [1.165, 1.54) is 10.6 Å². The van der Waals surface area contributed by atoms with Crippen molar-refractivity contribution in [2.24, 2.45) is 7.05 Å². The Morgan fingerprint density at radius 2 is 1.71 bits per heavy atom. The van der Waals surface area contributed by atoms with Crippen LogP contribution in [-0.4, -0.2) is 12.9 Å². The van der Waals surface area contributed by atoms with Gasteiger partial charge in [-0.1, -0.05) is 24.3 Å². The smallest absolute Gasteiger partial charge is 0.258 e. The van der Waals surface area contributed by atoms with Gasteiger partial charge in [0.1, 0.15) is 0 Å². The number of rotatable bonds is 4. The minimum Gasteiger partial charge on any atom is -0.398 e. The highest BCUT2D eigenvalue weighted by atomic mass is 28.4. The average molecular weight is 398 g/mol. The zero-order valence-corrected chi connectivity index (χ0v) is 17.1. The predicted octanol–water partition coefficient (Wildman–Crippen LogP) is 4.90. The van der Waals surface area contributed by atoms with Crippen LogP contribution >= 0.6 is 0 Å². The third kappa shape index (κ3) is 3.61. The van der Waals surface area contributed by atoms with E-state index in [0.717, 1.165) is 12.1 Å². The molecule has 0 radical (unpaired) electrons. The summed E-state index contributed by atoms with van der Waals surface area (Å²) in [5, 5.41) is 10.8. The molecule has 0 aliphatic heterocycles. The van der Waals surface area contributed by atoms with E-state index < -0.39 is 26.1 Å². The van der Waals surface area contributed by atoms with Crippen molar-refractivity contribution in [3.63, 3.8) is 0 Å². The zero-order valence-electron chi connectivity index (χ0n) is 16.1. The summed E-state index contributed by atoms with van der Waals surface area (Å²) in [6.07, 6.45) is -1.02. The fourth-order valence-electron chi connectivity index (χ4n) is 3.24. The molecule has 7 heteroatoms. The molecule has 0 fully saturated rings. The standard InChI is InChI=1S/C21H20F2N2O2Si/c1-25-20(18(12-24)27-28(2,3)4)19(13-9-10-16(22)17(23)11-13)14-7-5-6-8-15(14)21(25)26/h5-11,18H,1-4H3. The summed E-state index contributed by atoms with van der Waals surface area (Å²) >= 11 is 0. The number of nitrogens with zero attached hydrogens (tertiary/aromatic N) is 2. The largest absolute Gasteiger partial charge is 0.398 e. The highest BCUT2D eigenvalue weighted by Gasteiger charge is 2.28. The van der Waals surface area contributed by atoms with Crippen molar-refractivity contribution in [3.05, 3.63) is 70.1 Å². The molecule has 28 heavy (non-hydrogen) atoms. The summed E-state index contributed by atoms with van der Waals surface area (Å²) in [6, 6.07) is 12.6. The van der Waals surface area contributed by atoms with Crippen LogP contribution in [0.4, 0.5) is 8.78 Å². The number of hydrogen-bond donors (Lipinski definition) is 0. The normalized spacial score (nSPS) is 12.8. The quantitative estimate of drug-likeness (QED) is 0.588. The summed E-state index contributed by atoms with van der Waals surface area (Å²) in [5.41, 5.74) is 0.914. The fourth-order valence-corrected chi connectivity index (χ4v) is 4.11. The van der Waals surface area contributed by atoms with Gasteiger partial charge < -0.3 is 8.99 Å². The third-order valence-corrected chi connectivity index (χ3v) is 5.34. The topological polar surface area (TPSA) is 55.0 Å². The number of nitriles is 1. The van der Waals surface area contributed by atoms with Gasteiger partial charge in [0, 0.05) is 18.0 Å². The highest BCUT2D eigenvalue weighted by Crippen LogP contribution is 2.36. The van der Waals surface area contributed by atoms with Crippen molar-refractivity contribution in [2.45, 2.75) is 25.7 Å². The van der Waals surface area contributed by atoms with Gasteiger partial charge in [0.2, 0.25) is 0 Å². The SMILES string of the molecule is Cn1c(C(C#N)O[Si](C)(C)C)c(-c2ccc(F)c(F)c2)c2ccccc2c1=O. The fraction of sp³-hybridized carbons (Fsp3) is 0.238. The van der Waals surface area contributed by atoms with Crippen molar-refractivity contribution in [1.29, 1.82) is 5.26 Å². The molecular weight excluding hydrogens is 378 g/mol. The number of aromatic nitrogens is 1. The lowest BCUT2D eigenvalue weighted by molar-refractivity contribution is 0.245. The minimum absolute atomic E-state index is 0.281. The molecule has 0 aliphatic rings. The molecule has 0 N–H and O–H groups in total. The molecule has 2 aromatic carbocycles. The Kier molecular flexibility index (Phi) is 5.20. The van der Waals surface area contributed by atoms with Gasteiger partial charge in [-0.3, -0.25) is 4.79 Å². The number of halogens is 2. The number of fused-ring (bicyclic) bond motifs is 1. The molecule has 0 saturated carbocycles. The lowest BCUT2D eigenvalue weighted by atomic mass is 9.94. The zero-order chi connectivity index (χ0) is 20.6. The molecule has 0 bridgehead atoms. The van der Waals surface area contributed by atoms with E-state index in [4.69, 9.17) is 4.43 Å². The molecular formula is C21H20F2N2O2Si. The van der Waals surface area contributed by atoms with Gasteiger partial charge in [-0.05, 0) is 48.8 Å². The van der Waals surface area contributed by atoms with Crippen LogP contribution in [0.2, 0.25) is 19.6 Å². The van der Waals surface area contributed by atoms with E-state index in [-0.39, 0.29) is 5.56 Å². The monoisotopic (exact) mass is 398 g/mol. The summed E-state index contributed by atoms with van der Waals surface area (Å²) in [7, 11) is -0.587. The van der Waals surface area contributed by atoms with Gasteiger partial charge >= 0.3 is 0 Å². The van der Waals surface area contributed by atoms with Gasteiger partial charge in [0.15, 0.2) is 26.1 Å². The molecule has 1 aromatic heterocycles. The lowest BCUT2D eigenvalue weighted by Gasteiger charge is -2.26. The molecule has 1 unspecified atom stereocenters. The minimum atomic E-state index is -2.15. The van der Waals surface area contributed by atoms with Crippen molar-refractivity contribution in [1.82, 2.24) is 4.57 Å². The van der Waals surface area contributed by atoms with Crippen LogP contribution in [0.5, 0.6) is 0 Å². The molecule has 1 heterocycles. The maximum Gasteiger partial charge on any atom is 0.258 e. The summed E-state index contributed by atoms with van der Waals surface area (Å²) in [4.78, 5) is 12.9. The highest BCUT2D eigenvalue weighted by molar-refractivity contribution is 6.69. The third-order valence-electron chi connectivity index (χ3n) is 4.39. The molecule has 1 atom stereocenters. The van der Waals surface area contributed by atoms with Crippen LogP contribution < -0.4 is 5.56 Å². The van der Waals surface area contributed by atoms with Gasteiger partial charge in [-0.2, -0.15) is 5.26 Å². The van der Waals surface area contributed by atoms with Crippen molar-refractivity contribution in [2.75, 3.05) is 0 Å². The molecule has 3 rings (SSSR count). The van der Waals surface area contributed by atoms with E-state index in [2.05, 4.69) is 6.07 Å². The van der Waals surface area contributed by atoms with Crippen molar-refractivity contribution in [3.8, 4) is 17.2 Å². The lowest BCUT2D eigenvalue weighted by Crippen LogP contribution is -2.31. The summed E-state index contributed by atoms with van der Waals surface area (Å²) < 4.78 is 34.9. The van der Waals surface area contributed by atoms with Crippen LogP contribution in [0.3, 0.4) is 0 Å². The summed E-state index contributed by atoms with van der Waals surface area (Å²) in [5.74, 6) is -1.96. The van der Waals surface area contributed by atoms with E-state index in [1.807, 2.05) is 19.6 Å². The molecule has 0 spiro atoms. The average Bonchev–Trinajstić information content (AvgIpc) is 2.64. The predicted molar refractivity (Wildman–Crippen MR) is 107 cm³/mol. The Morgan fingerprint density at radius 1 is 1.07 bits per heavy atom. The van der Waals surface area contributed by atoms with Gasteiger partial charge in [-0.15, -0.1) is 0 Å². The Balaban J connectivity index is 2.45. The van der Waals surface area contributed by atoms with Crippen molar-refractivity contribution >= 4 is 19.1 Å². The van der Waals surface area contributed by atoms with E-state index in [1.54, 1.807) is 31.3 Å². The number of hydrogen-bond acceptors (Lipinski definition) is 3. The Morgan fingerprint density at radius 3 is 2.29 bits per heavy atom. The van der Waals surface area contributed by atoms with E-state index in [0.29, 0.717) is 27.6 Å². The van der Waals surface area contributed by atoms with Crippen LogP contribution in [0.25, 0.3) is 21.9 Å². The Bertz CT molecular complexity index is 1160. The first-order valence-electron chi connectivity index (χ1n) is 8.78. The Labute approximate surface area is 162 Å². The number of benzene rings is 2. The van der Waals surface area contributed by atoms with Crippen LogP contribution in [-0.2, 0) is 11.5 Å². The molecule has 144 valence electrons. The van der Waals surface area contributed by atoms with E-state index >= 15 is 0 Å². The second-order valence-corrected chi connectivity index (χ2v) is 12.0. The molecule has 0 saturated heterocycles. The molecule has 0 amide bonds. The number of pyridine rings is 1. The first kappa shape index (κ1) is 19.9. The second-order valence-electron chi connectivity index (χ2n) is 7.54. The van der Waals surface area contributed by atoms with Crippen LogP contribution in [0.15, 0.2) is 47.3 Å². The van der Waals surface area contributed by atoms with Crippen molar-refractivity contribution < 1.29 is 13.2 Å². The molecule has 3 aromatic rings.